The van der Waals surface area contributed by atoms with Crippen molar-refractivity contribution in [2.75, 3.05) is 6.61 Å². The molecule has 1 rings (SSSR count). The third-order valence-electron chi connectivity index (χ3n) is 2.81. The summed E-state index contributed by atoms with van der Waals surface area (Å²) in [7, 11) is 0. The average Bonchev–Trinajstić information content (AvgIpc) is 2.35. The lowest BCUT2D eigenvalue weighted by atomic mass is 10.2. The lowest BCUT2D eigenvalue weighted by molar-refractivity contribution is 0.301. The fraction of sp³-hybridized carbons (Fsp3) is 0.643. The van der Waals surface area contributed by atoms with Gasteiger partial charge in [0, 0.05) is 0 Å². The molecular weight excluding hydrogens is 278 g/mol. The lowest BCUT2D eigenvalue weighted by Crippen LogP contribution is -2.03. The fourth-order valence-electron chi connectivity index (χ4n) is 1.71. The van der Waals surface area contributed by atoms with E-state index in [4.69, 9.17) is 4.74 Å². The topological polar surface area (TPSA) is 22.1 Å². The van der Waals surface area contributed by atoms with Gasteiger partial charge < -0.3 is 4.74 Å². The number of pyridine rings is 1. The minimum absolute atomic E-state index is 0.799. The van der Waals surface area contributed by atoms with Gasteiger partial charge in [-0.1, -0.05) is 33.6 Å². The largest absolute Gasteiger partial charge is 0.492 e. The maximum Gasteiger partial charge on any atom is 0.141 e. The van der Waals surface area contributed by atoms with Gasteiger partial charge >= 0.3 is 0 Å². The molecule has 0 radical (unpaired) electrons. The number of hydrogen-bond donors (Lipinski definition) is 0. The predicted molar refractivity (Wildman–Crippen MR) is 75.7 cm³/mol. The molecule has 0 aliphatic heterocycles. The van der Waals surface area contributed by atoms with E-state index in [1.807, 2.05) is 0 Å². The molecule has 0 N–H and O–H groups in total. The Kier molecular flexibility index (Phi) is 6.56. The van der Waals surface area contributed by atoms with Gasteiger partial charge in [-0.2, -0.15) is 0 Å². The molecule has 0 aliphatic rings. The molecule has 0 aliphatic carbocycles. The first-order chi connectivity index (χ1) is 8.22. The second-order valence-corrected chi connectivity index (χ2v) is 4.90. The van der Waals surface area contributed by atoms with Crippen LogP contribution < -0.4 is 4.74 Å². The van der Waals surface area contributed by atoms with Gasteiger partial charge in [-0.05, 0) is 46.8 Å². The molecule has 1 aromatic heterocycles. The van der Waals surface area contributed by atoms with E-state index in [0.717, 1.165) is 41.9 Å². The van der Waals surface area contributed by atoms with Crippen molar-refractivity contribution < 1.29 is 4.74 Å². The van der Waals surface area contributed by atoms with E-state index in [2.05, 4.69) is 47.8 Å². The molecule has 0 saturated heterocycles. The van der Waals surface area contributed by atoms with Crippen LogP contribution in [0.15, 0.2) is 10.7 Å². The van der Waals surface area contributed by atoms with Crippen LogP contribution in [0.5, 0.6) is 5.75 Å². The van der Waals surface area contributed by atoms with E-state index < -0.39 is 0 Å². The third kappa shape index (κ3) is 4.30. The molecule has 3 heteroatoms. The van der Waals surface area contributed by atoms with Crippen LogP contribution in [-0.4, -0.2) is 11.6 Å². The highest BCUT2D eigenvalue weighted by atomic mass is 79.9. The molecule has 0 bridgehead atoms. The molecule has 0 fully saturated rings. The Bertz CT molecular complexity index is 352. The summed E-state index contributed by atoms with van der Waals surface area (Å²) in [5.41, 5.74) is 2.26. The van der Waals surface area contributed by atoms with Crippen LogP contribution in [0.2, 0.25) is 0 Å². The summed E-state index contributed by atoms with van der Waals surface area (Å²) in [4.78, 5) is 4.55. The molecule has 0 aromatic carbocycles. The number of aromatic nitrogens is 1. The number of halogens is 1. The number of aryl methyl sites for hydroxylation is 2. The van der Waals surface area contributed by atoms with Gasteiger partial charge in [0.25, 0.3) is 0 Å². The van der Waals surface area contributed by atoms with E-state index in [0.29, 0.717) is 0 Å². The maximum atomic E-state index is 5.84. The van der Waals surface area contributed by atoms with Gasteiger partial charge in [-0.25, -0.2) is 4.98 Å². The van der Waals surface area contributed by atoms with Crippen LogP contribution in [0, 0.1) is 0 Å². The Morgan fingerprint density at radius 3 is 2.53 bits per heavy atom. The van der Waals surface area contributed by atoms with Gasteiger partial charge in [0.15, 0.2) is 0 Å². The van der Waals surface area contributed by atoms with Crippen molar-refractivity contribution in [3.8, 4) is 5.75 Å². The van der Waals surface area contributed by atoms with Gasteiger partial charge in [0.05, 0.1) is 12.3 Å². The molecule has 0 atom stereocenters. The summed E-state index contributed by atoms with van der Waals surface area (Å²) >= 11 is 3.51. The highest BCUT2D eigenvalue weighted by Crippen LogP contribution is 2.25. The summed E-state index contributed by atoms with van der Waals surface area (Å²) in [6.07, 6.45) is 5.46. The van der Waals surface area contributed by atoms with Crippen LogP contribution in [0.3, 0.4) is 0 Å². The molecule has 96 valence electrons. The van der Waals surface area contributed by atoms with Gasteiger partial charge in [0.1, 0.15) is 10.4 Å². The summed E-state index contributed by atoms with van der Waals surface area (Å²) in [5, 5.41) is 0. The Balaban J connectivity index is 2.74. The number of hydrogen-bond acceptors (Lipinski definition) is 2. The molecule has 17 heavy (non-hydrogen) atoms. The smallest absolute Gasteiger partial charge is 0.141 e. The zero-order valence-electron chi connectivity index (χ0n) is 11.1. The molecule has 0 unspecified atom stereocenters. The monoisotopic (exact) mass is 299 g/mol. The van der Waals surface area contributed by atoms with Crippen molar-refractivity contribution in [3.63, 3.8) is 0 Å². The van der Waals surface area contributed by atoms with E-state index >= 15 is 0 Å². The normalized spacial score (nSPS) is 10.6. The molecule has 0 saturated carbocycles. The van der Waals surface area contributed by atoms with Gasteiger partial charge in [-0.3, -0.25) is 0 Å². The van der Waals surface area contributed by atoms with Crippen molar-refractivity contribution >= 4 is 15.9 Å². The van der Waals surface area contributed by atoms with E-state index in [1.165, 1.54) is 18.4 Å². The predicted octanol–water partition coefficient (Wildman–Crippen LogP) is 4.54. The van der Waals surface area contributed by atoms with Crippen LogP contribution in [-0.2, 0) is 12.8 Å². The molecule has 0 spiro atoms. The molecule has 1 aromatic rings. The van der Waals surface area contributed by atoms with Crippen LogP contribution >= 0.6 is 15.9 Å². The van der Waals surface area contributed by atoms with Gasteiger partial charge in [0.2, 0.25) is 0 Å². The summed E-state index contributed by atoms with van der Waals surface area (Å²) in [6.45, 7) is 7.24. The van der Waals surface area contributed by atoms with Gasteiger partial charge in [-0.15, -0.1) is 0 Å². The minimum atomic E-state index is 0.799. The third-order valence-corrected chi connectivity index (χ3v) is 3.50. The molecule has 0 amide bonds. The first-order valence-corrected chi connectivity index (χ1v) is 7.33. The number of unbranched alkanes of at least 4 members (excludes halogenated alkanes) is 2. The zero-order chi connectivity index (χ0) is 12.7. The van der Waals surface area contributed by atoms with Crippen molar-refractivity contribution in [2.24, 2.45) is 0 Å². The molecule has 2 nitrogen and oxygen atoms in total. The summed E-state index contributed by atoms with van der Waals surface area (Å²) in [6, 6.07) is 2.13. The zero-order valence-corrected chi connectivity index (χ0v) is 12.6. The maximum absolute atomic E-state index is 5.84. The van der Waals surface area contributed by atoms with Crippen LogP contribution in [0.25, 0.3) is 0 Å². The second-order valence-electron chi connectivity index (χ2n) is 4.15. The Hall–Kier alpha value is -0.570. The molecule has 1 heterocycles. The van der Waals surface area contributed by atoms with Crippen molar-refractivity contribution in [3.05, 3.63) is 21.9 Å². The highest BCUT2D eigenvalue weighted by molar-refractivity contribution is 9.10. The van der Waals surface area contributed by atoms with E-state index in [9.17, 15) is 0 Å². The second kappa shape index (κ2) is 7.70. The van der Waals surface area contributed by atoms with Crippen LogP contribution in [0.1, 0.15) is 51.3 Å². The number of nitrogens with zero attached hydrogens (tertiary/aromatic N) is 1. The first kappa shape index (κ1) is 14.5. The summed E-state index contributed by atoms with van der Waals surface area (Å²) < 4.78 is 6.80. The summed E-state index contributed by atoms with van der Waals surface area (Å²) in [5.74, 6) is 0.962. The lowest BCUT2D eigenvalue weighted by Gasteiger charge is -2.12. The number of ether oxygens (including phenoxy) is 1. The fourth-order valence-corrected chi connectivity index (χ4v) is 2.32. The quantitative estimate of drug-likeness (QED) is 0.545. The highest BCUT2D eigenvalue weighted by Gasteiger charge is 2.09. The van der Waals surface area contributed by atoms with E-state index in [-0.39, 0.29) is 0 Å². The first-order valence-electron chi connectivity index (χ1n) is 6.53. The van der Waals surface area contributed by atoms with Crippen molar-refractivity contribution in [1.29, 1.82) is 0 Å². The van der Waals surface area contributed by atoms with E-state index in [1.54, 1.807) is 0 Å². The van der Waals surface area contributed by atoms with Crippen LogP contribution in [0.4, 0.5) is 0 Å². The Labute approximate surface area is 113 Å². The standard InChI is InChI=1S/C14H22BrNO/c1-4-7-8-9-17-13-10-11(5-2)14(15)16-12(13)6-3/h10H,4-9H2,1-3H3. The van der Waals surface area contributed by atoms with Crippen molar-refractivity contribution in [1.82, 2.24) is 4.98 Å². The Morgan fingerprint density at radius 1 is 1.18 bits per heavy atom. The number of rotatable bonds is 7. The Morgan fingerprint density at radius 2 is 1.94 bits per heavy atom. The average molecular weight is 300 g/mol. The van der Waals surface area contributed by atoms with Crippen molar-refractivity contribution in [2.45, 2.75) is 52.9 Å². The minimum Gasteiger partial charge on any atom is -0.492 e. The SMILES string of the molecule is CCCCCOc1cc(CC)c(Br)nc1CC. The molecular formula is C14H22BrNO.